The Morgan fingerprint density at radius 1 is 1.64 bits per heavy atom. The third-order valence-electron chi connectivity index (χ3n) is 2.02. The van der Waals surface area contributed by atoms with Gasteiger partial charge in [0.15, 0.2) is 0 Å². The maximum atomic E-state index is 3.42. The normalized spacial score (nSPS) is 26.8. The molecule has 64 valence electrons. The molecule has 2 N–H and O–H groups in total. The lowest BCUT2D eigenvalue weighted by molar-refractivity contribution is 0.656. The van der Waals surface area contributed by atoms with Crippen LogP contribution in [0.5, 0.6) is 0 Å². The van der Waals surface area contributed by atoms with Crippen molar-refractivity contribution in [3.8, 4) is 0 Å². The average Bonchev–Trinajstić information content (AvgIpc) is 2.27. The van der Waals surface area contributed by atoms with Crippen molar-refractivity contribution in [2.24, 2.45) is 0 Å². The minimum absolute atomic E-state index is 0. The first kappa shape index (κ1) is 8.90. The molecule has 3 heteroatoms. The van der Waals surface area contributed by atoms with Gasteiger partial charge >= 0.3 is 0 Å². The Labute approximate surface area is 85.6 Å². The van der Waals surface area contributed by atoms with Gasteiger partial charge in [0.2, 0.25) is 0 Å². The molecule has 0 aromatic carbocycles. The fourth-order valence-corrected chi connectivity index (χ4v) is 1.55. The summed E-state index contributed by atoms with van der Waals surface area (Å²) >= 11 is 0. The van der Waals surface area contributed by atoms with Crippen LogP contribution in [0.4, 0.5) is 0 Å². The summed E-state index contributed by atoms with van der Waals surface area (Å²) in [5, 5.41) is 6.60. The summed E-state index contributed by atoms with van der Waals surface area (Å²) in [6, 6.07) is 0.634. The number of nitrogens with one attached hydrogen (secondary N) is 2. The molecular weight excluding hydrogens is 251 g/mol. The van der Waals surface area contributed by atoms with Crippen molar-refractivity contribution in [3.63, 3.8) is 0 Å². The molecule has 2 nitrogen and oxygen atoms in total. The van der Waals surface area contributed by atoms with Crippen molar-refractivity contribution in [2.75, 3.05) is 6.54 Å². The third kappa shape index (κ3) is 1.69. The van der Waals surface area contributed by atoms with E-state index in [4.69, 9.17) is 0 Å². The Morgan fingerprint density at radius 3 is 3.18 bits per heavy atom. The highest BCUT2D eigenvalue weighted by Crippen LogP contribution is 2.20. The molecule has 0 fully saturated rings. The molecule has 1 atom stereocenters. The number of allylic oxidation sites excluding steroid dienone is 1. The molecule has 0 aromatic rings. The highest BCUT2D eigenvalue weighted by atomic mass is 127. The van der Waals surface area contributed by atoms with E-state index < -0.39 is 0 Å². The summed E-state index contributed by atoms with van der Waals surface area (Å²) in [5.41, 5.74) is 2.86. The van der Waals surface area contributed by atoms with E-state index in [9.17, 15) is 0 Å². The Balaban J connectivity index is 0.000000605. The lowest BCUT2D eigenvalue weighted by atomic mass is 10.1. The number of rotatable bonds is 0. The van der Waals surface area contributed by atoms with Gasteiger partial charge in [-0.15, -0.1) is 24.0 Å². The number of dihydropyridines is 1. The molecule has 0 saturated heterocycles. The van der Waals surface area contributed by atoms with Crippen molar-refractivity contribution in [1.82, 2.24) is 10.6 Å². The molecule has 11 heavy (non-hydrogen) atoms. The molecule has 2 rings (SSSR count). The molecule has 1 unspecified atom stereocenters. The van der Waals surface area contributed by atoms with Crippen molar-refractivity contribution < 1.29 is 1.43 Å². The molecule has 0 bridgehead atoms. The van der Waals surface area contributed by atoms with E-state index in [1.165, 1.54) is 17.7 Å². The van der Waals surface area contributed by atoms with Crippen LogP contribution in [0.2, 0.25) is 0 Å². The smallest absolute Gasteiger partial charge is 0.0545 e. The molecular formula is C8H15IN2. The second-order valence-corrected chi connectivity index (χ2v) is 2.97. The minimum Gasteiger partial charge on any atom is -0.385 e. The predicted octanol–water partition coefficient (Wildman–Crippen LogP) is 1.60. The van der Waals surface area contributed by atoms with E-state index in [0.29, 0.717) is 6.04 Å². The maximum absolute atomic E-state index is 3.42. The van der Waals surface area contributed by atoms with Gasteiger partial charge < -0.3 is 10.6 Å². The first-order valence-electron chi connectivity index (χ1n) is 3.75. The van der Waals surface area contributed by atoms with Crippen LogP contribution in [-0.4, -0.2) is 12.6 Å². The van der Waals surface area contributed by atoms with Crippen molar-refractivity contribution in [3.05, 3.63) is 23.5 Å². The van der Waals surface area contributed by atoms with Gasteiger partial charge in [0, 0.05) is 13.2 Å². The van der Waals surface area contributed by atoms with Crippen LogP contribution in [0, 0.1) is 0 Å². The van der Waals surface area contributed by atoms with Gasteiger partial charge in [-0.2, -0.15) is 0 Å². The molecule has 0 aliphatic carbocycles. The molecule has 0 aromatic heterocycles. The van der Waals surface area contributed by atoms with E-state index >= 15 is 0 Å². The van der Waals surface area contributed by atoms with Crippen LogP contribution in [-0.2, 0) is 0 Å². The lowest BCUT2D eigenvalue weighted by Crippen LogP contribution is -2.25. The lowest BCUT2D eigenvalue weighted by Gasteiger charge is -2.10. The highest BCUT2D eigenvalue weighted by Gasteiger charge is 2.18. The van der Waals surface area contributed by atoms with Crippen LogP contribution in [0.3, 0.4) is 0 Å². The van der Waals surface area contributed by atoms with Gasteiger partial charge in [-0.3, -0.25) is 0 Å². The molecule has 2 aliphatic heterocycles. The first-order chi connectivity index (χ1) is 4.86. The Hall–Kier alpha value is -0.190. The van der Waals surface area contributed by atoms with Crippen molar-refractivity contribution in [2.45, 2.75) is 19.4 Å². The van der Waals surface area contributed by atoms with E-state index in [0.717, 1.165) is 6.54 Å². The van der Waals surface area contributed by atoms with Gasteiger partial charge in [-0.1, -0.05) is 0 Å². The number of hydrogen-bond acceptors (Lipinski definition) is 2. The van der Waals surface area contributed by atoms with E-state index in [1.54, 1.807) is 0 Å². The van der Waals surface area contributed by atoms with Crippen LogP contribution in [0.1, 0.15) is 14.8 Å². The third-order valence-corrected chi connectivity index (χ3v) is 2.02. The van der Waals surface area contributed by atoms with Crippen LogP contribution in [0.25, 0.3) is 0 Å². The summed E-state index contributed by atoms with van der Waals surface area (Å²) in [6.07, 6.45) is 5.38. The Bertz CT molecular complexity index is 213. The maximum Gasteiger partial charge on any atom is 0.0545 e. The fraction of sp³-hybridized carbons (Fsp3) is 0.500. The standard InChI is InChI=1S/C8H12N2.HI.H2/c1-6-4-7-2-3-9-5-8(7)10-6;;/h2-3,6,9-10H,4-5H2,1H3;2*1H. The summed E-state index contributed by atoms with van der Waals surface area (Å²) in [7, 11) is 0. The van der Waals surface area contributed by atoms with Gasteiger partial charge in [-0.05, 0) is 31.2 Å². The monoisotopic (exact) mass is 266 g/mol. The van der Waals surface area contributed by atoms with Crippen molar-refractivity contribution in [1.29, 1.82) is 0 Å². The topological polar surface area (TPSA) is 24.1 Å². The minimum atomic E-state index is 0. The van der Waals surface area contributed by atoms with E-state index in [2.05, 4.69) is 23.6 Å². The van der Waals surface area contributed by atoms with Crippen LogP contribution < -0.4 is 10.6 Å². The van der Waals surface area contributed by atoms with Gasteiger partial charge in [0.25, 0.3) is 0 Å². The van der Waals surface area contributed by atoms with Crippen LogP contribution >= 0.6 is 24.0 Å². The molecule has 0 spiro atoms. The second kappa shape index (κ2) is 3.47. The first-order valence-corrected chi connectivity index (χ1v) is 3.75. The van der Waals surface area contributed by atoms with E-state index in [1.807, 2.05) is 6.20 Å². The summed E-state index contributed by atoms with van der Waals surface area (Å²) in [4.78, 5) is 0. The zero-order chi connectivity index (χ0) is 6.97. The zero-order valence-electron chi connectivity index (χ0n) is 6.55. The SMILES string of the molecule is CC1CC2=C(CNC=C2)N1.I.[HH]. The highest BCUT2D eigenvalue weighted by molar-refractivity contribution is 14.0. The summed E-state index contributed by atoms with van der Waals surface area (Å²) in [6.45, 7) is 3.20. The molecule has 2 heterocycles. The largest absolute Gasteiger partial charge is 0.385 e. The number of halogens is 1. The molecule has 0 radical (unpaired) electrons. The van der Waals surface area contributed by atoms with Gasteiger partial charge in [0.05, 0.1) is 6.54 Å². The summed E-state index contributed by atoms with van der Waals surface area (Å²) in [5.74, 6) is 0. The summed E-state index contributed by atoms with van der Waals surface area (Å²) < 4.78 is 0. The fourth-order valence-electron chi connectivity index (χ4n) is 1.55. The quantitative estimate of drug-likeness (QED) is 0.651. The van der Waals surface area contributed by atoms with Gasteiger partial charge in [0.1, 0.15) is 0 Å². The zero-order valence-corrected chi connectivity index (χ0v) is 8.88. The molecule has 0 saturated carbocycles. The number of hydrogen-bond donors (Lipinski definition) is 2. The van der Waals surface area contributed by atoms with E-state index in [-0.39, 0.29) is 25.4 Å². The average molecular weight is 266 g/mol. The molecule has 0 amide bonds. The second-order valence-electron chi connectivity index (χ2n) is 2.97. The Morgan fingerprint density at radius 2 is 2.45 bits per heavy atom. The Kier molecular flexibility index (Phi) is 2.81. The van der Waals surface area contributed by atoms with Gasteiger partial charge in [-0.25, -0.2) is 0 Å². The predicted molar refractivity (Wildman–Crippen MR) is 58.9 cm³/mol. The molecule has 2 aliphatic rings. The van der Waals surface area contributed by atoms with Crippen molar-refractivity contribution >= 4 is 24.0 Å². The van der Waals surface area contributed by atoms with Crippen LogP contribution in [0.15, 0.2) is 23.5 Å².